The first-order chi connectivity index (χ1) is 14.0. The van der Waals surface area contributed by atoms with Crippen molar-refractivity contribution < 1.29 is 28.6 Å². The van der Waals surface area contributed by atoms with Gasteiger partial charge in [-0.2, -0.15) is 0 Å². The maximum absolute atomic E-state index is 12.7. The van der Waals surface area contributed by atoms with Crippen LogP contribution in [-0.2, 0) is 16.1 Å². The molecule has 0 radical (unpaired) electrons. The molecule has 0 saturated heterocycles. The van der Waals surface area contributed by atoms with E-state index in [1.54, 1.807) is 12.1 Å². The molecule has 160 valence electrons. The Bertz CT molecular complexity index is 943. The molecule has 0 bridgehead atoms. The highest BCUT2D eigenvalue weighted by Gasteiger charge is 2.24. The van der Waals surface area contributed by atoms with Gasteiger partial charge in [-0.3, -0.25) is 25.0 Å². The summed E-state index contributed by atoms with van der Waals surface area (Å²) >= 11 is 0. The van der Waals surface area contributed by atoms with E-state index >= 15 is 0 Å². The van der Waals surface area contributed by atoms with Gasteiger partial charge in [-0.15, -0.1) is 0 Å². The van der Waals surface area contributed by atoms with E-state index in [0.29, 0.717) is 12.1 Å². The monoisotopic (exact) mass is 419 g/mol. The lowest BCUT2D eigenvalue weighted by atomic mass is 9.95. The first-order valence-corrected chi connectivity index (χ1v) is 8.89. The third-order valence-corrected chi connectivity index (χ3v) is 3.84. The lowest BCUT2D eigenvalue weighted by Gasteiger charge is -2.30. The van der Waals surface area contributed by atoms with Gasteiger partial charge in [0, 0.05) is 25.2 Å². The molecule has 0 saturated carbocycles. The number of furan rings is 1. The van der Waals surface area contributed by atoms with E-state index in [1.807, 2.05) is 20.8 Å². The summed E-state index contributed by atoms with van der Waals surface area (Å²) in [4.78, 5) is 46.2. The predicted octanol–water partition coefficient (Wildman–Crippen LogP) is 3.33. The Morgan fingerprint density at radius 2 is 1.67 bits per heavy atom. The number of ether oxygens (including phenoxy) is 1. The van der Waals surface area contributed by atoms with Crippen molar-refractivity contribution in [1.29, 1.82) is 0 Å². The predicted molar refractivity (Wildman–Crippen MR) is 104 cm³/mol. The molecule has 0 aliphatic rings. The molecular formula is C19H21N3O8. The molecule has 30 heavy (non-hydrogen) atoms. The van der Waals surface area contributed by atoms with Gasteiger partial charge in [0.15, 0.2) is 6.61 Å². The van der Waals surface area contributed by atoms with Crippen LogP contribution in [0.25, 0.3) is 0 Å². The second-order valence-electron chi connectivity index (χ2n) is 7.71. The lowest BCUT2D eigenvalue weighted by Crippen LogP contribution is -2.39. The molecule has 0 spiro atoms. The van der Waals surface area contributed by atoms with Crippen LogP contribution in [0.3, 0.4) is 0 Å². The van der Waals surface area contributed by atoms with Gasteiger partial charge in [0.2, 0.25) is 5.76 Å². The molecule has 0 fully saturated rings. The van der Waals surface area contributed by atoms with Gasteiger partial charge in [0.05, 0.1) is 11.0 Å². The summed E-state index contributed by atoms with van der Waals surface area (Å²) in [5.74, 6) is -2.48. The number of carbonyl (C=O) groups excluding carboxylic acids is 2. The zero-order chi connectivity index (χ0) is 22.5. The van der Waals surface area contributed by atoms with Gasteiger partial charge < -0.3 is 14.1 Å². The number of benzene rings is 1. The summed E-state index contributed by atoms with van der Waals surface area (Å²) in [5, 5.41) is 21.4. The smallest absolute Gasteiger partial charge is 0.433 e. The van der Waals surface area contributed by atoms with Gasteiger partial charge in [-0.05, 0) is 17.0 Å². The molecule has 2 rings (SSSR count). The number of rotatable bonds is 8. The first-order valence-electron chi connectivity index (χ1n) is 8.89. The van der Waals surface area contributed by atoms with E-state index in [9.17, 15) is 29.8 Å². The van der Waals surface area contributed by atoms with Crippen molar-refractivity contribution in [3.05, 3.63) is 68.0 Å². The van der Waals surface area contributed by atoms with Gasteiger partial charge in [-0.25, -0.2) is 4.79 Å². The molecule has 2 aromatic rings. The number of nitro benzene ring substituents is 1. The maximum Gasteiger partial charge on any atom is 0.433 e. The summed E-state index contributed by atoms with van der Waals surface area (Å²) < 4.78 is 9.68. The summed E-state index contributed by atoms with van der Waals surface area (Å²) in [6, 6.07) is 7.90. The Morgan fingerprint density at radius 3 is 2.17 bits per heavy atom. The number of hydrogen-bond acceptors (Lipinski definition) is 8. The topological polar surface area (TPSA) is 146 Å². The molecule has 0 N–H and O–H groups in total. The number of carbonyl (C=O) groups is 2. The second kappa shape index (κ2) is 9.16. The second-order valence-corrected chi connectivity index (χ2v) is 7.71. The molecule has 1 aromatic carbocycles. The van der Waals surface area contributed by atoms with Gasteiger partial charge >= 0.3 is 11.9 Å². The summed E-state index contributed by atoms with van der Waals surface area (Å²) in [5.41, 5.74) is 0.349. The summed E-state index contributed by atoms with van der Waals surface area (Å²) in [6.07, 6.45) is 0. The average molecular weight is 419 g/mol. The molecule has 1 heterocycles. The number of hydrogen-bond donors (Lipinski definition) is 0. The highest BCUT2D eigenvalue weighted by Crippen LogP contribution is 2.20. The van der Waals surface area contributed by atoms with Crippen LogP contribution in [0.15, 0.2) is 40.8 Å². The van der Waals surface area contributed by atoms with Crippen molar-refractivity contribution in [2.75, 3.05) is 13.2 Å². The largest absolute Gasteiger partial charge is 0.450 e. The van der Waals surface area contributed by atoms with E-state index in [1.165, 1.54) is 17.0 Å². The normalized spacial score (nSPS) is 11.0. The van der Waals surface area contributed by atoms with Crippen molar-refractivity contribution >= 4 is 23.4 Å². The molecule has 1 aromatic heterocycles. The van der Waals surface area contributed by atoms with Crippen LogP contribution in [0.4, 0.5) is 11.6 Å². The Labute approximate surface area is 171 Å². The molecule has 0 unspecified atom stereocenters. The molecule has 0 aliphatic heterocycles. The minimum absolute atomic E-state index is 0.0612. The Kier molecular flexibility index (Phi) is 6.88. The van der Waals surface area contributed by atoms with Gasteiger partial charge in [-0.1, -0.05) is 32.9 Å². The fourth-order valence-corrected chi connectivity index (χ4v) is 2.57. The first kappa shape index (κ1) is 22.5. The minimum atomic E-state index is -0.998. The molecule has 11 nitrogen and oxygen atoms in total. The van der Waals surface area contributed by atoms with E-state index in [4.69, 9.17) is 9.15 Å². The van der Waals surface area contributed by atoms with Gasteiger partial charge in [0.25, 0.3) is 11.6 Å². The fraction of sp³-hybridized carbons (Fsp3) is 0.368. The van der Waals surface area contributed by atoms with E-state index in [2.05, 4.69) is 0 Å². The summed E-state index contributed by atoms with van der Waals surface area (Å²) in [7, 11) is 0. The quantitative estimate of drug-likeness (QED) is 0.360. The third-order valence-electron chi connectivity index (χ3n) is 3.84. The third kappa shape index (κ3) is 6.40. The lowest BCUT2D eigenvalue weighted by molar-refractivity contribution is -0.402. The van der Waals surface area contributed by atoms with E-state index in [-0.39, 0.29) is 23.4 Å². The standard InChI is InChI=1S/C19H21N3O8/c1-19(2,3)12-20(10-13-4-6-14(7-5-13)21(25)26)16(23)11-29-18(24)15-8-9-17(30-15)22(27)28/h4-9H,10-12H2,1-3H3. The zero-order valence-corrected chi connectivity index (χ0v) is 16.7. The van der Waals surface area contributed by atoms with Gasteiger partial charge in [0.1, 0.15) is 4.92 Å². The summed E-state index contributed by atoms with van der Waals surface area (Å²) in [6.45, 7) is 5.70. The van der Waals surface area contributed by atoms with Crippen LogP contribution in [-0.4, -0.2) is 39.8 Å². The Hall–Kier alpha value is -3.76. The van der Waals surface area contributed by atoms with Crippen LogP contribution >= 0.6 is 0 Å². The van der Waals surface area contributed by atoms with E-state index < -0.39 is 34.2 Å². The zero-order valence-electron chi connectivity index (χ0n) is 16.7. The Balaban J connectivity index is 2.05. The fourth-order valence-electron chi connectivity index (χ4n) is 2.57. The van der Waals surface area contributed by atoms with Crippen LogP contribution in [0.1, 0.15) is 36.9 Å². The van der Waals surface area contributed by atoms with Crippen molar-refractivity contribution in [1.82, 2.24) is 4.90 Å². The SMILES string of the molecule is CC(C)(C)CN(Cc1ccc([N+](=O)[O-])cc1)C(=O)COC(=O)c1ccc([N+](=O)[O-])o1. The molecule has 11 heteroatoms. The van der Waals surface area contributed by atoms with Crippen molar-refractivity contribution in [3.8, 4) is 0 Å². The van der Waals surface area contributed by atoms with Crippen LogP contribution in [0.5, 0.6) is 0 Å². The van der Waals surface area contributed by atoms with Crippen molar-refractivity contribution in [2.45, 2.75) is 27.3 Å². The van der Waals surface area contributed by atoms with Crippen LogP contribution < -0.4 is 0 Å². The van der Waals surface area contributed by atoms with E-state index in [0.717, 1.165) is 12.1 Å². The van der Waals surface area contributed by atoms with Crippen molar-refractivity contribution in [3.63, 3.8) is 0 Å². The van der Waals surface area contributed by atoms with Crippen LogP contribution in [0, 0.1) is 25.6 Å². The Morgan fingerprint density at radius 1 is 1.03 bits per heavy atom. The van der Waals surface area contributed by atoms with Crippen LogP contribution in [0.2, 0.25) is 0 Å². The number of amides is 1. The number of esters is 1. The highest BCUT2D eigenvalue weighted by molar-refractivity contribution is 5.89. The highest BCUT2D eigenvalue weighted by atomic mass is 16.7. The molecule has 0 atom stereocenters. The van der Waals surface area contributed by atoms with Crippen molar-refractivity contribution in [2.24, 2.45) is 5.41 Å². The maximum atomic E-state index is 12.7. The minimum Gasteiger partial charge on any atom is -0.450 e. The number of non-ortho nitro benzene ring substituents is 1. The number of nitrogens with zero attached hydrogens (tertiary/aromatic N) is 3. The molecule has 1 amide bonds. The molecule has 0 aliphatic carbocycles. The average Bonchev–Trinajstić information content (AvgIpc) is 3.15. The molecular weight excluding hydrogens is 398 g/mol. The number of nitro groups is 2.